The Morgan fingerprint density at radius 2 is 1.54 bits per heavy atom. The molecular weight excluding hydrogens is 332 g/mol. The number of rotatable bonds is 5. The highest BCUT2D eigenvalue weighted by Gasteiger charge is 2.72. The van der Waals surface area contributed by atoms with E-state index in [1.807, 2.05) is 0 Å². The molecule has 10 atom stereocenters. The maximum atomic E-state index is 10.2. The first-order valence-electron chi connectivity index (χ1n) is 7.54. The van der Waals surface area contributed by atoms with Crippen molar-refractivity contribution in [3.05, 3.63) is 0 Å². The average Bonchev–Trinajstić information content (AvgIpc) is 3.30. The normalized spacial score (nSPS) is 54.4. The van der Waals surface area contributed by atoms with E-state index in [0.717, 1.165) is 0 Å². The summed E-state index contributed by atoms with van der Waals surface area (Å²) < 4.78 is 26.3. The Kier molecular flexibility index (Phi) is 5.12. The van der Waals surface area contributed by atoms with Crippen molar-refractivity contribution in [2.24, 2.45) is 0 Å². The summed E-state index contributed by atoms with van der Waals surface area (Å²) in [4.78, 5) is 0. The van der Waals surface area contributed by atoms with Gasteiger partial charge in [0.1, 0.15) is 42.7 Å². The summed E-state index contributed by atoms with van der Waals surface area (Å²) in [6.07, 6.45) is -11.4. The number of aliphatic hydroxyl groups excluding tert-OH is 6. The van der Waals surface area contributed by atoms with Gasteiger partial charge in [-0.2, -0.15) is 0 Å². The Hall–Kier alpha value is -0.440. The summed E-state index contributed by atoms with van der Waals surface area (Å²) in [5.41, 5.74) is 0. The second kappa shape index (κ2) is 6.70. The van der Waals surface area contributed by atoms with E-state index in [1.54, 1.807) is 0 Å². The topological polar surface area (TPSA) is 171 Å². The fourth-order valence-electron chi connectivity index (χ4n) is 3.05. The van der Waals surface area contributed by atoms with Crippen LogP contribution in [0.25, 0.3) is 0 Å². The number of hydrogen-bond acceptors (Lipinski definition) is 11. The van der Waals surface area contributed by atoms with Gasteiger partial charge >= 0.3 is 5.97 Å². The molecule has 3 heterocycles. The third-order valence-electron chi connectivity index (χ3n) is 4.47. The predicted octanol–water partition coefficient (Wildman–Crippen LogP) is -4.38. The molecule has 11 heteroatoms. The lowest BCUT2D eigenvalue weighted by Crippen LogP contribution is -2.62. The second-order valence-corrected chi connectivity index (χ2v) is 5.99. The van der Waals surface area contributed by atoms with E-state index in [1.165, 1.54) is 7.11 Å². The second-order valence-electron chi connectivity index (χ2n) is 5.99. The SMILES string of the molecule is COC1OC(CO)C(OC23OC(CO)C(O)C(O)C2O3)C(O)C1O. The van der Waals surface area contributed by atoms with Gasteiger partial charge in [0.2, 0.25) is 0 Å². The molecule has 11 nitrogen and oxygen atoms in total. The molecule has 10 unspecified atom stereocenters. The molecule has 140 valence electrons. The van der Waals surface area contributed by atoms with Crippen molar-refractivity contribution in [3.8, 4) is 0 Å². The zero-order valence-electron chi connectivity index (χ0n) is 12.8. The van der Waals surface area contributed by atoms with E-state index in [0.29, 0.717) is 0 Å². The van der Waals surface area contributed by atoms with E-state index in [9.17, 15) is 30.6 Å². The van der Waals surface area contributed by atoms with Gasteiger partial charge in [0, 0.05) is 7.11 Å². The van der Waals surface area contributed by atoms with Crippen LogP contribution in [0.3, 0.4) is 0 Å². The van der Waals surface area contributed by atoms with Gasteiger partial charge in [-0.05, 0) is 0 Å². The third-order valence-corrected chi connectivity index (χ3v) is 4.47. The molecule has 0 radical (unpaired) electrons. The highest BCUT2D eigenvalue weighted by atomic mass is 17.0. The number of methoxy groups -OCH3 is 1. The van der Waals surface area contributed by atoms with Crippen LogP contribution in [0.1, 0.15) is 0 Å². The molecule has 3 saturated heterocycles. The van der Waals surface area contributed by atoms with E-state index in [4.69, 9.17) is 23.7 Å². The summed E-state index contributed by atoms with van der Waals surface area (Å²) in [5, 5.41) is 58.6. The van der Waals surface area contributed by atoms with Crippen LogP contribution in [0, 0.1) is 0 Å². The van der Waals surface area contributed by atoms with Crippen molar-refractivity contribution in [2.45, 2.75) is 61.1 Å². The van der Waals surface area contributed by atoms with E-state index in [-0.39, 0.29) is 0 Å². The molecule has 0 aromatic carbocycles. The molecule has 0 aliphatic carbocycles. The monoisotopic (exact) mass is 354 g/mol. The van der Waals surface area contributed by atoms with Gasteiger partial charge in [-0.3, -0.25) is 0 Å². The van der Waals surface area contributed by atoms with E-state index >= 15 is 0 Å². The Bertz CT molecular complexity index is 448. The lowest BCUT2D eigenvalue weighted by molar-refractivity contribution is -0.360. The lowest BCUT2D eigenvalue weighted by Gasteiger charge is -2.43. The largest absolute Gasteiger partial charge is 0.394 e. The van der Waals surface area contributed by atoms with Crippen LogP contribution in [-0.4, -0.2) is 112 Å². The van der Waals surface area contributed by atoms with Crippen molar-refractivity contribution in [1.82, 2.24) is 0 Å². The molecule has 0 saturated carbocycles. The van der Waals surface area contributed by atoms with Crippen LogP contribution in [-0.2, 0) is 23.7 Å². The van der Waals surface area contributed by atoms with Gasteiger partial charge in [0.25, 0.3) is 0 Å². The molecule has 3 fully saturated rings. The fraction of sp³-hybridized carbons (Fsp3) is 1.00. The van der Waals surface area contributed by atoms with Gasteiger partial charge in [-0.25, -0.2) is 0 Å². The third kappa shape index (κ3) is 2.85. The standard InChI is InChI=1S/C13H22O11/c1-20-12-9(19)7(17)10(5(3-15)21-12)23-13-11(24-13)8(18)6(16)4(2-14)22-13/h4-12,14-19H,2-3H2,1H3. The van der Waals surface area contributed by atoms with Crippen molar-refractivity contribution < 1.29 is 54.3 Å². The molecule has 6 N–H and O–H groups in total. The number of hydrogen-bond donors (Lipinski definition) is 6. The molecule has 24 heavy (non-hydrogen) atoms. The summed E-state index contributed by atoms with van der Waals surface area (Å²) >= 11 is 0. The van der Waals surface area contributed by atoms with Gasteiger partial charge < -0.3 is 54.3 Å². The summed E-state index contributed by atoms with van der Waals surface area (Å²) in [6.45, 7) is -1.15. The van der Waals surface area contributed by atoms with Crippen LogP contribution >= 0.6 is 0 Å². The molecule has 0 spiro atoms. The first kappa shape index (κ1) is 18.4. The zero-order chi connectivity index (χ0) is 17.6. The van der Waals surface area contributed by atoms with Crippen molar-refractivity contribution in [2.75, 3.05) is 20.3 Å². The molecule has 3 rings (SSSR count). The molecular formula is C13H22O11. The summed E-state index contributed by atoms with van der Waals surface area (Å²) in [6, 6.07) is 0. The summed E-state index contributed by atoms with van der Waals surface area (Å²) in [5.74, 6) is -1.81. The summed E-state index contributed by atoms with van der Waals surface area (Å²) in [7, 11) is 1.27. The quantitative estimate of drug-likeness (QED) is 0.263. The first-order valence-corrected chi connectivity index (χ1v) is 7.54. The van der Waals surface area contributed by atoms with Crippen LogP contribution in [0.2, 0.25) is 0 Å². The number of aliphatic hydroxyl groups is 6. The minimum atomic E-state index is -1.81. The number of ether oxygens (including phenoxy) is 5. The Morgan fingerprint density at radius 3 is 2.12 bits per heavy atom. The van der Waals surface area contributed by atoms with Gasteiger partial charge in [-0.15, -0.1) is 0 Å². The van der Waals surface area contributed by atoms with Crippen molar-refractivity contribution in [1.29, 1.82) is 0 Å². The number of epoxide rings is 1. The van der Waals surface area contributed by atoms with Crippen LogP contribution in [0.4, 0.5) is 0 Å². The lowest BCUT2D eigenvalue weighted by atomic mass is 9.98. The average molecular weight is 354 g/mol. The Labute approximate surface area is 136 Å². The molecule has 3 aliphatic heterocycles. The van der Waals surface area contributed by atoms with Gasteiger partial charge in [0.15, 0.2) is 12.4 Å². The Morgan fingerprint density at radius 1 is 0.875 bits per heavy atom. The Balaban J connectivity index is 1.75. The van der Waals surface area contributed by atoms with E-state index < -0.39 is 74.3 Å². The molecule has 0 aromatic heterocycles. The molecule has 3 aliphatic rings. The maximum absolute atomic E-state index is 10.2. The first-order chi connectivity index (χ1) is 11.4. The smallest absolute Gasteiger partial charge is 0.315 e. The highest BCUT2D eigenvalue weighted by molar-refractivity contribution is 5.04. The van der Waals surface area contributed by atoms with Gasteiger partial charge in [-0.1, -0.05) is 0 Å². The zero-order valence-corrected chi connectivity index (χ0v) is 12.8. The minimum Gasteiger partial charge on any atom is -0.394 e. The maximum Gasteiger partial charge on any atom is 0.315 e. The predicted molar refractivity (Wildman–Crippen MR) is 71.2 cm³/mol. The van der Waals surface area contributed by atoms with Crippen LogP contribution < -0.4 is 0 Å². The highest BCUT2D eigenvalue weighted by Crippen LogP contribution is 2.49. The molecule has 0 aromatic rings. The van der Waals surface area contributed by atoms with Gasteiger partial charge in [0.05, 0.1) is 13.2 Å². The molecule has 0 amide bonds. The van der Waals surface area contributed by atoms with Crippen LogP contribution in [0.5, 0.6) is 0 Å². The number of fused-ring (bicyclic) bond motifs is 1. The van der Waals surface area contributed by atoms with E-state index in [2.05, 4.69) is 0 Å². The van der Waals surface area contributed by atoms with Crippen LogP contribution in [0.15, 0.2) is 0 Å². The van der Waals surface area contributed by atoms with Crippen molar-refractivity contribution in [3.63, 3.8) is 0 Å². The minimum absolute atomic E-state index is 0.552. The molecule has 0 bridgehead atoms. The van der Waals surface area contributed by atoms with Crippen molar-refractivity contribution >= 4 is 0 Å². The fourth-order valence-corrected chi connectivity index (χ4v) is 3.05.